The lowest BCUT2D eigenvalue weighted by Gasteiger charge is -2.08. The molecule has 0 heterocycles. The van der Waals surface area contributed by atoms with Gasteiger partial charge in [0.1, 0.15) is 11.5 Å². The van der Waals surface area contributed by atoms with Crippen molar-refractivity contribution in [2.24, 2.45) is 0 Å². The number of amides is 1. The number of ether oxygens (including phenoxy) is 1. The van der Waals surface area contributed by atoms with Crippen LogP contribution in [0.15, 0.2) is 42.5 Å². The van der Waals surface area contributed by atoms with Crippen molar-refractivity contribution in [1.82, 2.24) is 0 Å². The second kappa shape index (κ2) is 5.63. The molecule has 2 aromatic carbocycles. The Morgan fingerprint density at radius 3 is 2.53 bits per heavy atom. The van der Waals surface area contributed by atoms with E-state index in [9.17, 15) is 9.90 Å². The van der Waals surface area contributed by atoms with Gasteiger partial charge in [0.2, 0.25) is 0 Å². The van der Waals surface area contributed by atoms with Crippen LogP contribution in [0.2, 0.25) is 5.02 Å². The van der Waals surface area contributed by atoms with Gasteiger partial charge in [0.15, 0.2) is 0 Å². The van der Waals surface area contributed by atoms with E-state index in [1.165, 1.54) is 19.2 Å². The van der Waals surface area contributed by atoms with Crippen molar-refractivity contribution in [3.05, 3.63) is 53.1 Å². The van der Waals surface area contributed by atoms with E-state index in [4.69, 9.17) is 16.3 Å². The smallest absolute Gasteiger partial charge is 0.259 e. The number of carbonyl (C=O) groups excluding carboxylic acids is 1. The third-order valence-corrected chi connectivity index (χ3v) is 2.80. The number of halogens is 1. The SMILES string of the molecule is COc1ccc(O)c(C(=O)Nc2ccc(Cl)cc2)c1. The monoisotopic (exact) mass is 277 g/mol. The standard InChI is InChI=1S/C14H12ClNO3/c1-19-11-6-7-13(17)12(8-11)14(18)16-10-4-2-9(15)3-5-10/h2-8,17H,1H3,(H,16,18). The maximum atomic E-state index is 12.0. The van der Waals surface area contributed by atoms with Gasteiger partial charge in [0.25, 0.3) is 5.91 Å². The first-order valence-corrected chi connectivity index (χ1v) is 5.92. The van der Waals surface area contributed by atoms with Gasteiger partial charge in [0, 0.05) is 10.7 Å². The first-order chi connectivity index (χ1) is 9.10. The fourth-order valence-corrected chi connectivity index (χ4v) is 1.68. The average molecular weight is 278 g/mol. The molecule has 2 rings (SSSR count). The van der Waals surface area contributed by atoms with Gasteiger partial charge in [-0.25, -0.2) is 0 Å². The molecule has 0 saturated carbocycles. The molecule has 0 aromatic heterocycles. The molecule has 0 aliphatic rings. The van der Waals surface area contributed by atoms with Crippen LogP contribution in [-0.4, -0.2) is 18.1 Å². The van der Waals surface area contributed by atoms with Crippen molar-refractivity contribution in [2.75, 3.05) is 12.4 Å². The zero-order valence-electron chi connectivity index (χ0n) is 10.2. The molecule has 0 aliphatic carbocycles. The average Bonchev–Trinajstić information content (AvgIpc) is 2.42. The summed E-state index contributed by atoms with van der Waals surface area (Å²) < 4.78 is 5.02. The van der Waals surface area contributed by atoms with Gasteiger partial charge < -0.3 is 15.2 Å². The summed E-state index contributed by atoms with van der Waals surface area (Å²) in [5, 5.41) is 12.9. The van der Waals surface area contributed by atoms with Crippen LogP contribution in [0.4, 0.5) is 5.69 Å². The van der Waals surface area contributed by atoms with E-state index in [2.05, 4.69) is 5.32 Å². The number of phenols is 1. The topological polar surface area (TPSA) is 58.6 Å². The molecule has 0 bridgehead atoms. The van der Waals surface area contributed by atoms with Crippen molar-refractivity contribution in [1.29, 1.82) is 0 Å². The van der Waals surface area contributed by atoms with Crippen molar-refractivity contribution >= 4 is 23.2 Å². The van der Waals surface area contributed by atoms with Crippen LogP contribution in [0.1, 0.15) is 10.4 Å². The molecule has 0 fully saturated rings. The van der Waals surface area contributed by atoms with Crippen LogP contribution in [0.5, 0.6) is 11.5 Å². The Hall–Kier alpha value is -2.20. The van der Waals surface area contributed by atoms with Crippen LogP contribution in [0, 0.1) is 0 Å². The van der Waals surface area contributed by atoms with Crippen LogP contribution >= 0.6 is 11.6 Å². The summed E-state index contributed by atoms with van der Waals surface area (Å²) in [6.07, 6.45) is 0. The van der Waals surface area contributed by atoms with Crippen molar-refractivity contribution in [2.45, 2.75) is 0 Å². The molecule has 2 N–H and O–H groups in total. The number of nitrogens with one attached hydrogen (secondary N) is 1. The Bertz CT molecular complexity index is 596. The fourth-order valence-electron chi connectivity index (χ4n) is 1.56. The number of benzene rings is 2. The van der Waals surface area contributed by atoms with Crippen LogP contribution in [0.3, 0.4) is 0 Å². The van der Waals surface area contributed by atoms with E-state index in [0.29, 0.717) is 16.5 Å². The maximum Gasteiger partial charge on any atom is 0.259 e. The number of hydrogen-bond donors (Lipinski definition) is 2. The zero-order valence-corrected chi connectivity index (χ0v) is 10.9. The van der Waals surface area contributed by atoms with Gasteiger partial charge in [-0.05, 0) is 42.5 Å². The van der Waals surface area contributed by atoms with Crippen molar-refractivity contribution < 1.29 is 14.6 Å². The van der Waals surface area contributed by atoms with E-state index in [-0.39, 0.29) is 11.3 Å². The molecule has 4 nitrogen and oxygen atoms in total. The molecule has 2 aromatic rings. The van der Waals surface area contributed by atoms with Gasteiger partial charge >= 0.3 is 0 Å². The Morgan fingerprint density at radius 1 is 1.21 bits per heavy atom. The molecule has 19 heavy (non-hydrogen) atoms. The first kappa shape index (κ1) is 13.2. The molecule has 0 atom stereocenters. The molecule has 98 valence electrons. The third-order valence-electron chi connectivity index (χ3n) is 2.55. The Kier molecular flexibility index (Phi) is 3.92. The molecule has 0 saturated heterocycles. The Morgan fingerprint density at radius 2 is 1.89 bits per heavy atom. The molecular formula is C14H12ClNO3. The lowest BCUT2D eigenvalue weighted by molar-refractivity contribution is 0.102. The maximum absolute atomic E-state index is 12.0. The molecule has 0 aliphatic heterocycles. The molecule has 0 spiro atoms. The summed E-state index contributed by atoms with van der Waals surface area (Å²) in [6, 6.07) is 11.2. The quantitative estimate of drug-likeness (QED) is 0.905. The summed E-state index contributed by atoms with van der Waals surface area (Å²) in [5.74, 6) is -0.0231. The minimum Gasteiger partial charge on any atom is -0.507 e. The number of aromatic hydroxyl groups is 1. The minimum atomic E-state index is -0.418. The Labute approximate surface area is 115 Å². The normalized spacial score (nSPS) is 10.0. The van der Waals surface area contributed by atoms with Gasteiger partial charge in [-0.1, -0.05) is 11.6 Å². The summed E-state index contributed by atoms with van der Waals surface area (Å²) in [4.78, 5) is 12.0. The largest absolute Gasteiger partial charge is 0.507 e. The number of anilines is 1. The predicted octanol–water partition coefficient (Wildman–Crippen LogP) is 3.31. The molecule has 0 radical (unpaired) electrons. The van der Waals surface area contributed by atoms with E-state index >= 15 is 0 Å². The predicted molar refractivity (Wildman–Crippen MR) is 74.1 cm³/mol. The van der Waals surface area contributed by atoms with E-state index in [1.54, 1.807) is 30.3 Å². The number of hydrogen-bond acceptors (Lipinski definition) is 3. The van der Waals surface area contributed by atoms with Crippen LogP contribution in [0.25, 0.3) is 0 Å². The number of carbonyl (C=O) groups is 1. The second-order valence-corrected chi connectivity index (χ2v) is 4.28. The highest BCUT2D eigenvalue weighted by molar-refractivity contribution is 6.30. The lowest BCUT2D eigenvalue weighted by Crippen LogP contribution is -2.12. The molecule has 0 unspecified atom stereocenters. The van der Waals surface area contributed by atoms with Gasteiger partial charge in [0.05, 0.1) is 12.7 Å². The third kappa shape index (κ3) is 3.17. The van der Waals surface area contributed by atoms with Crippen molar-refractivity contribution in [3.63, 3.8) is 0 Å². The highest BCUT2D eigenvalue weighted by Gasteiger charge is 2.12. The number of rotatable bonds is 3. The molecule has 5 heteroatoms. The van der Waals surface area contributed by atoms with Crippen molar-refractivity contribution in [3.8, 4) is 11.5 Å². The molecule has 1 amide bonds. The highest BCUT2D eigenvalue weighted by atomic mass is 35.5. The van der Waals surface area contributed by atoms with E-state index in [1.807, 2.05) is 0 Å². The Balaban J connectivity index is 2.22. The highest BCUT2D eigenvalue weighted by Crippen LogP contribution is 2.24. The van der Waals surface area contributed by atoms with Crippen LogP contribution < -0.4 is 10.1 Å². The first-order valence-electron chi connectivity index (χ1n) is 5.54. The summed E-state index contributed by atoms with van der Waals surface area (Å²) in [7, 11) is 1.49. The van der Waals surface area contributed by atoms with E-state index < -0.39 is 5.91 Å². The summed E-state index contributed by atoms with van der Waals surface area (Å²) in [6.45, 7) is 0. The number of phenolic OH excluding ortho intramolecular Hbond substituents is 1. The van der Waals surface area contributed by atoms with Gasteiger partial charge in [-0.15, -0.1) is 0 Å². The summed E-state index contributed by atoms with van der Waals surface area (Å²) >= 11 is 5.76. The lowest BCUT2D eigenvalue weighted by atomic mass is 10.1. The fraction of sp³-hybridized carbons (Fsp3) is 0.0714. The minimum absolute atomic E-state index is 0.104. The molecular weight excluding hydrogens is 266 g/mol. The van der Waals surface area contributed by atoms with Gasteiger partial charge in [-0.2, -0.15) is 0 Å². The second-order valence-electron chi connectivity index (χ2n) is 3.84. The zero-order chi connectivity index (χ0) is 13.8. The van der Waals surface area contributed by atoms with Gasteiger partial charge in [-0.3, -0.25) is 4.79 Å². The van der Waals surface area contributed by atoms with Crippen LogP contribution in [-0.2, 0) is 0 Å². The number of methoxy groups -OCH3 is 1. The van der Waals surface area contributed by atoms with E-state index in [0.717, 1.165) is 0 Å². The summed E-state index contributed by atoms with van der Waals surface area (Å²) in [5.41, 5.74) is 0.742.